The van der Waals surface area contributed by atoms with Gasteiger partial charge in [-0.3, -0.25) is 0 Å². The summed E-state index contributed by atoms with van der Waals surface area (Å²) in [4.78, 5) is 2.41. The Balaban J connectivity index is 1.25. The zero-order valence-corrected chi connectivity index (χ0v) is 28.5. The normalized spacial score (nSPS) is 11.5. The third-order valence-electron chi connectivity index (χ3n) is 9.88. The number of fused-ring (bicyclic) bond motifs is 6. The lowest BCUT2D eigenvalue weighted by atomic mass is 9.94. The molecule has 0 radical (unpaired) electrons. The van der Waals surface area contributed by atoms with Gasteiger partial charge in [0.2, 0.25) is 0 Å². The van der Waals surface area contributed by atoms with Crippen LogP contribution in [0.3, 0.4) is 0 Å². The predicted molar refractivity (Wildman–Crippen MR) is 218 cm³/mol. The summed E-state index contributed by atoms with van der Waals surface area (Å²) in [6.45, 7) is 0. The fourth-order valence-corrected chi connectivity index (χ4v) is 8.59. The first-order chi connectivity index (χ1) is 25.3. The lowest BCUT2D eigenvalue weighted by Crippen LogP contribution is -2.11. The molecule has 0 saturated heterocycles. The molecule has 0 amide bonds. The summed E-state index contributed by atoms with van der Waals surface area (Å²) in [6.07, 6.45) is 0. The number of rotatable bonds is 6. The molecule has 51 heavy (non-hydrogen) atoms. The van der Waals surface area contributed by atoms with E-state index in [4.69, 9.17) is 4.42 Å². The van der Waals surface area contributed by atoms with Crippen molar-refractivity contribution in [3.05, 3.63) is 188 Å². The van der Waals surface area contributed by atoms with Gasteiger partial charge in [-0.2, -0.15) is 0 Å². The summed E-state index contributed by atoms with van der Waals surface area (Å²) < 4.78 is 9.03. The predicted octanol–water partition coefficient (Wildman–Crippen LogP) is 14.4. The Morgan fingerprint density at radius 3 is 1.78 bits per heavy atom. The van der Waals surface area contributed by atoms with Crippen molar-refractivity contribution in [2.45, 2.75) is 0 Å². The maximum Gasteiger partial charge on any atom is 0.137 e. The number of nitrogens with zero attached hydrogens (tertiary/aromatic N) is 1. The Kier molecular flexibility index (Phi) is 7.04. The summed E-state index contributed by atoms with van der Waals surface area (Å²) in [5.41, 5.74) is 12.1. The van der Waals surface area contributed by atoms with E-state index in [-0.39, 0.29) is 0 Å². The monoisotopic (exact) mass is 669 g/mol. The van der Waals surface area contributed by atoms with Crippen LogP contribution < -0.4 is 4.90 Å². The smallest absolute Gasteiger partial charge is 0.137 e. The molecule has 10 rings (SSSR count). The van der Waals surface area contributed by atoms with Crippen LogP contribution in [-0.2, 0) is 0 Å². The molecule has 0 spiro atoms. The van der Waals surface area contributed by atoms with Crippen LogP contribution in [0.15, 0.2) is 192 Å². The fourth-order valence-electron chi connectivity index (χ4n) is 7.48. The molecule has 8 aromatic carbocycles. The summed E-state index contributed by atoms with van der Waals surface area (Å²) >= 11 is 1.85. The highest BCUT2D eigenvalue weighted by Gasteiger charge is 2.23. The molecule has 2 heterocycles. The topological polar surface area (TPSA) is 16.4 Å². The highest BCUT2D eigenvalue weighted by molar-refractivity contribution is 7.26. The molecule has 0 atom stereocenters. The second-order valence-electron chi connectivity index (χ2n) is 12.9. The van der Waals surface area contributed by atoms with Gasteiger partial charge in [0.05, 0.1) is 5.69 Å². The number of furan rings is 1. The molecule has 0 fully saturated rings. The van der Waals surface area contributed by atoms with Gasteiger partial charge in [0.15, 0.2) is 0 Å². The first kappa shape index (κ1) is 29.5. The largest absolute Gasteiger partial charge is 0.456 e. The summed E-state index contributed by atoms with van der Waals surface area (Å²) in [5.74, 6) is 0. The number of hydrogen-bond acceptors (Lipinski definition) is 3. The molecule has 2 nitrogen and oxygen atoms in total. The first-order valence-electron chi connectivity index (χ1n) is 17.3. The maximum absolute atomic E-state index is 6.47. The summed E-state index contributed by atoms with van der Waals surface area (Å²) in [5, 5.41) is 4.78. The van der Waals surface area contributed by atoms with Gasteiger partial charge in [-0.05, 0) is 76.3 Å². The number of benzene rings is 8. The van der Waals surface area contributed by atoms with Gasteiger partial charge in [-0.1, -0.05) is 133 Å². The molecule has 0 saturated carbocycles. The van der Waals surface area contributed by atoms with E-state index in [9.17, 15) is 0 Å². The minimum atomic E-state index is 0.869. The van der Waals surface area contributed by atoms with Gasteiger partial charge < -0.3 is 9.32 Å². The van der Waals surface area contributed by atoms with Gasteiger partial charge in [-0.15, -0.1) is 11.3 Å². The van der Waals surface area contributed by atoms with Crippen molar-refractivity contribution in [2.24, 2.45) is 0 Å². The minimum Gasteiger partial charge on any atom is -0.456 e. The summed E-state index contributed by atoms with van der Waals surface area (Å²) in [7, 11) is 0. The number of anilines is 3. The van der Waals surface area contributed by atoms with Crippen molar-refractivity contribution in [3.8, 4) is 33.4 Å². The van der Waals surface area contributed by atoms with Crippen LogP contribution in [0.2, 0.25) is 0 Å². The van der Waals surface area contributed by atoms with Crippen molar-refractivity contribution in [1.29, 1.82) is 0 Å². The van der Waals surface area contributed by atoms with Crippen molar-refractivity contribution in [1.82, 2.24) is 0 Å². The maximum atomic E-state index is 6.47. The van der Waals surface area contributed by atoms with Crippen LogP contribution in [0.5, 0.6) is 0 Å². The average molecular weight is 670 g/mol. The van der Waals surface area contributed by atoms with E-state index < -0.39 is 0 Å². The fraction of sp³-hybridized carbons (Fsp3) is 0. The van der Waals surface area contributed by atoms with Crippen LogP contribution in [0.25, 0.3) is 75.5 Å². The van der Waals surface area contributed by atoms with Crippen molar-refractivity contribution in [2.75, 3.05) is 4.90 Å². The zero-order valence-electron chi connectivity index (χ0n) is 27.7. The quantitative estimate of drug-likeness (QED) is 0.175. The van der Waals surface area contributed by atoms with E-state index >= 15 is 0 Å². The molecule has 0 N–H and O–H groups in total. The van der Waals surface area contributed by atoms with Crippen LogP contribution in [-0.4, -0.2) is 0 Å². The van der Waals surface area contributed by atoms with E-state index in [1.807, 2.05) is 23.5 Å². The SMILES string of the molecule is c1ccc(-c2ccc(-c3c(N(c4cccc(-c5ccccc5)c4)c4ccc5c(c4)oc4ccccc45)ccc4sc5ccccc5c34)cc2)cc1. The molecule has 0 aliphatic rings. The third-order valence-corrected chi connectivity index (χ3v) is 11.0. The number of para-hydroxylation sites is 1. The molecule has 0 bridgehead atoms. The molecule has 2 aromatic heterocycles. The molecule has 0 unspecified atom stereocenters. The average Bonchev–Trinajstić information content (AvgIpc) is 3.77. The molecule has 10 aromatic rings. The first-order valence-corrected chi connectivity index (χ1v) is 18.1. The van der Waals surface area contributed by atoms with Gasteiger partial charge in [0.1, 0.15) is 11.2 Å². The van der Waals surface area contributed by atoms with Gasteiger partial charge in [0, 0.05) is 53.9 Å². The lowest BCUT2D eigenvalue weighted by molar-refractivity contribution is 0.669. The lowest BCUT2D eigenvalue weighted by Gasteiger charge is -2.29. The van der Waals surface area contributed by atoms with Crippen molar-refractivity contribution < 1.29 is 4.42 Å². The van der Waals surface area contributed by atoms with Crippen molar-refractivity contribution in [3.63, 3.8) is 0 Å². The van der Waals surface area contributed by atoms with Crippen LogP contribution in [0.4, 0.5) is 17.1 Å². The Morgan fingerprint density at radius 2 is 0.980 bits per heavy atom. The Bertz CT molecular complexity index is 2850. The zero-order chi connectivity index (χ0) is 33.7. The molecule has 0 aliphatic heterocycles. The van der Waals surface area contributed by atoms with Crippen molar-refractivity contribution >= 4 is 70.5 Å². The number of thiophene rings is 1. The van der Waals surface area contributed by atoms with E-state index in [0.717, 1.165) is 39.0 Å². The second kappa shape index (κ2) is 12.2. The standard InChI is InChI=1S/C48H31NOS/c1-3-12-32(13-4-1)34-22-24-35(25-23-34)47-42(28-29-46-48(47)41-19-8-10-21-45(41)51-46)49(37-17-11-16-36(30-37)33-14-5-2-6-15-33)38-26-27-40-39-18-7-9-20-43(39)50-44(40)31-38/h1-31H. The van der Waals surface area contributed by atoms with Gasteiger partial charge in [-0.25, -0.2) is 0 Å². The highest BCUT2D eigenvalue weighted by Crippen LogP contribution is 2.49. The van der Waals surface area contributed by atoms with E-state index in [1.165, 1.54) is 53.6 Å². The van der Waals surface area contributed by atoms with E-state index in [1.54, 1.807) is 0 Å². The van der Waals surface area contributed by atoms with E-state index in [0.29, 0.717) is 0 Å². The third kappa shape index (κ3) is 5.10. The second-order valence-corrected chi connectivity index (χ2v) is 14.0. The van der Waals surface area contributed by atoms with Gasteiger partial charge in [0.25, 0.3) is 0 Å². The number of hydrogen-bond donors (Lipinski definition) is 0. The van der Waals surface area contributed by atoms with Gasteiger partial charge >= 0.3 is 0 Å². The van der Waals surface area contributed by atoms with Crippen LogP contribution in [0.1, 0.15) is 0 Å². The molecular formula is C48H31NOS. The molecule has 3 heteroatoms. The Labute approximate surface area is 300 Å². The highest BCUT2D eigenvalue weighted by atomic mass is 32.1. The molecular weight excluding hydrogens is 639 g/mol. The Hall–Kier alpha value is -6.42. The van der Waals surface area contributed by atoms with Crippen LogP contribution in [0, 0.1) is 0 Å². The minimum absolute atomic E-state index is 0.869. The Morgan fingerprint density at radius 1 is 0.373 bits per heavy atom. The molecule has 0 aliphatic carbocycles. The van der Waals surface area contributed by atoms with E-state index in [2.05, 4.69) is 181 Å². The van der Waals surface area contributed by atoms with Crippen LogP contribution >= 0.6 is 11.3 Å². The molecule has 240 valence electrons. The summed E-state index contributed by atoms with van der Waals surface area (Å²) in [6, 6.07) is 67.5.